The molecule has 0 aliphatic carbocycles. The number of ether oxygens (including phenoxy) is 4. The van der Waals surface area contributed by atoms with E-state index in [0.717, 1.165) is 116 Å². The summed E-state index contributed by atoms with van der Waals surface area (Å²) in [5.41, 5.74) is 0. The molecule has 0 heterocycles. The van der Waals surface area contributed by atoms with Crippen LogP contribution in [-0.4, -0.2) is 96.7 Å². The van der Waals surface area contributed by atoms with E-state index in [2.05, 4.69) is 58.9 Å². The van der Waals surface area contributed by atoms with Crippen LogP contribution in [0.25, 0.3) is 0 Å². The maximum absolute atomic E-state index is 13.0. The van der Waals surface area contributed by atoms with Gasteiger partial charge in [0.1, 0.15) is 19.3 Å². The molecule has 0 aromatic carbocycles. The van der Waals surface area contributed by atoms with Crippen molar-refractivity contribution in [3.8, 4) is 0 Å². The van der Waals surface area contributed by atoms with Crippen molar-refractivity contribution in [2.45, 2.75) is 335 Å². The van der Waals surface area contributed by atoms with E-state index in [1.807, 2.05) is 0 Å². The highest BCUT2D eigenvalue weighted by Crippen LogP contribution is 2.45. The molecule has 0 aromatic heterocycles. The Morgan fingerprint density at radius 1 is 0.360 bits per heavy atom. The highest BCUT2D eigenvalue weighted by atomic mass is 31.2. The summed E-state index contributed by atoms with van der Waals surface area (Å²) in [7, 11) is -9.90. The molecule has 0 aliphatic rings. The standard InChI is InChI=1S/C67H126O17P2/c1-6-9-12-15-18-20-22-24-26-28-30-32-35-41-46-51-65(70)78-57-62(83-66(71)52-47-42-36-33-31-29-27-25-23-21-19-16-13-10-7-2)58-81-85(73,74)79-54-61(68)55-80-86(75,76)82-59-63(56-77-64(69)50-45-40-34-17-14-11-8-3)84-67(72)53-48-43-38-37-39-44-49-60(4)5/h21,23,25,27,60-63,68H,6-20,22,24,26,28-59H2,1-5H3,(H,73,74)(H,75,76)/b23-21-,27-25-/t61-,62-,63-/m1/s1. The van der Waals surface area contributed by atoms with Gasteiger partial charge in [-0.1, -0.05) is 264 Å². The number of carbonyl (C=O) groups is 4. The van der Waals surface area contributed by atoms with Crippen LogP contribution in [0.4, 0.5) is 0 Å². The average Bonchev–Trinajstić information content (AvgIpc) is 3.66. The number of hydrogen-bond donors (Lipinski definition) is 3. The zero-order valence-corrected chi connectivity index (χ0v) is 56.7. The monoisotopic (exact) mass is 1260 g/mol. The van der Waals surface area contributed by atoms with Crippen LogP contribution in [0.2, 0.25) is 0 Å². The van der Waals surface area contributed by atoms with Crippen LogP contribution < -0.4 is 0 Å². The second-order valence-electron chi connectivity index (χ2n) is 24.0. The third-order valence-electron chi connectivity index (χ3n) is 14.9. The first-order valence-electron chi connectivity index (χ1n) is 34.5. The van der Waals surface area contributed by atoms with Crippen molar-refractivity contribution in [1.29, 1.82) is 0 Å². The third kappa shape index (κ3) is 60.5. The summed E-state index contributed by atoms with van der Waals surface area (Å²) in [5, 5.41) is 10.5. The molecule has 0 radical (unpaired) electrons. The number of unbranched alkanes of at least 4 members (excludes halogenated alkanes) is 34. The van der Waals surface area contributed by atoms with Gasteiger partial charge in [0.2, 0.25) is 0 Å². The lowest BCUT2D eigenvalue weighted by Gasteiger charge is -2.21. The van der Waals surface area contributed by atoms with Crippen molar-refractivity contribution in [1.82, 2.24) is 0 Å². The maximum Gasteiger partial charge on any atom is 0.472 e. The minimum absolute atomic E-state index is 0.0853. The van der Waals surface area contributed by atoms with Crippen LogP contribution >= 0.6 is 15.6 Å². The van der Waals surface area contributed by atoms with E-state index in [0.29, 0.717) is 31.6 Å². The molecule has 0 aromatic rings. The molecular formula is C67H126O17P2. The summed E-state index contributed by atoms with van der Waals surface area (Å²) in [4.78, 5) is 72.2. The highest BCUT2D eigenvalue weighted by molar-refractivity contribution is 7.47. The highest BCUT2D eigenvalue weighted by Gasteiger charge is 2.30. The van der Waals surface area contributed by atoms with Crippen LogP contribution in [0, 0.1) is 5.92 Å². The fourth-order valence-corrected chi connectivity index (χ4v) is 11.2. The van der Waals surface area contributed by atoms with E-state index in [1.165, 1.54) is 116 Å². The van der Waals surface area contributed by atoms with Gasteiger partial charge in [-0.2, -0.15) is 0 Å². The zero-order valence-electron chi connectivity index (χ0n) is 54.9. The Bertz CT molecular complexity index is 1760. The lowest BCUT2D eigenvalue weighted by Crippen LogP contribution is -2.30. The van der Waals surface area contributed by atoms with E-state index in [4.69, 9.17) is 37.0 Å². The number of esters is 4. The lowest BCUT2D eigenvalue weighted by atomic mass is 10.0. The van der Waals surface area contributed by atoms with Gasteiger partial charge < -0.3 is 33.8 Å². The smallest absolute Gasteiger partial charge is 0.462 e. The van der Waals surface area contributed by atoms with Crippen LogP contribution in [0.5, 0.6) is 0 Å². The van der Waals surface area contributed by atoms with Crippen molar-refractivity contribution < 1.29 is 80.2 Å². The average molecular weight is 1270 g/mol. The molecule has 0 spiro atoms. The largest absolute Gasteiger partial charge is 0.472 e. The Labute approximate surface area is 522 Å². The Hall–Kier alpha value is -2.46. The number of phosphoric ester groups is 2. The normalized spacial score (nSPS) is 14.3. The van der Waals surface area contributed by atoms with Crippen molar-refractivity contribution in [3.63, 3.8) is 0 Å². The molecule has 506 valence electrons. The van der Waals surface area contributed by atoms with Gasteiger partial charge >= 0.3 is 39.5 Å². The molecule has 0 saturated carbocycles. The van der Waals surface area contributed by atoms with E-state index < -0.39 is 97.5 Å². The lowest BCUT2D eigenvalue weighted by molar-refractivity contribution is -0.161. The summed E-state index contributed by atoms with van der Waals surface area (Å²) in [6.45, 7) is 7.02. The molecule has 17 nitrogen and oxygen atoms in total. The number of carbonyl (C=O) groups excluding carboxylic acids is 4. The first-order valence-corrected chi connectivity index (χ1v) is 37.4. The Balaban J connectivity index is 5.24. The van der Waals surface area contributed by atoms with Gasteiger partial charge in [-0.05, 0) is 57.3 Å². The Kier molecular flexibility index (Phi) is 58.4. The molecule has 0 amide bonds. The van der Waals surface area contributed by atoms with Crippen molar-refractivity contribution in [2.75, 3.05) is 39.6 Å². The minimum atomic E-state index is -4.96. The van der Waals surface area contributed by atoms with Gasteiger partial charge in [0, 0.05) is 25.7 Å². The van der Waals surface area contributed by atoms with Crippen molar-refractivity contribution in [2.24, 2.45) is 5.92 Å². The molecule has 2 unspecified atom stereocenters. The number of rotatable bonds is 65. The zero-order chi connectivity index (χ0) is 63.5. The van der Waals surface area contributed by atoms with Gasteiger partial charge in [-0.25, -0.2) is 9.13 Å². The summed E-state index contributed by atoms with van der Waals surface area (Å²) in [6.07, 6.45) is 48.3. The predicted molar refractivity (Wildman–Crippen MR) is 344 cm³/mol. The second kappa shape index (κ2) is 60.1. The Morgan fingerprint density at radius 3 is 0.953 bits per heavy atom. The number of aliphatic hydroxyl groups is 1. The van der Waals surface area contributed by atoms with Gasteiger partial charge in [-0.15, -0.1) is 0 Å². The summed E-state index contributed by atoms with van der Waals surface area (Å²) < 4.78 is 67.9. The second-order valence-corrected chi connectivity index (χ2v) is 26.9. The van der Waals surface area contributed by atoms with Crippen LogP contribution in [-0.2, 0) is 65.4 Å². The molecule has 0 bridgehead atoms. The summed E-state index contributed by atoms with van der Waals surface area (Å²) in [5.74, 6) is -1.50. The van der Waals surface area contributed by atoms with E-state index in [1.54, 1.807) is 0 Å². The maximum atomic E-state index is 13.0. The first-order chi connectivity index (χ1) is 41.5. The van der Waals surface area contributed by atoms with Gasteiger partial charge in [-0.3, -0.25) is 37.3 Å². The predicted octanol–water partition coefficient (Wildman–Crippen LogP) is 18.5. The quantitative estimate of drug-likeness (QED) is 0.0169. The van der Waals surface area contributed by atoms with Crippen LogP contribution in [0.15, 0.2) is 24.3 Å². The molecule has 0 aliphatic heterocycles. The van der Waals surface area contributed by atoms with Gasteiger partial charge in [0.25, 0.3) is 0 Å². The summed E-state index contributed by atoms with van der Waals surface area (Å²) in [6, 6.07) is 0. The molecule has 86 heavy (non-hydrogen) atoms. The molecule has 0 saturated heterocycles. The van der Waals surface area contributed by atoms with Gasteiger partial charge in [0.05, 0.1) is 26.4 Å². The summed E-state index contributed by atoms with van der Waals surface area (Å²) >= 11 is 0. The number of allylic oxidation sites excluding steroid dienone is 4. The molecule has 0 rings (SSSR count). The fraction of sp³-hybridized carbons (Fsp3) is 0.881. The van der Waals surface area contributed by atoms with Gasteiger partial charge in [0.15, 0.2) is 12.2 Å². The first kappa shape index (κ1) is 83.5. The van der Waals surface area contributed by atoms with Crippen LogP contribution in [0.3, 0.4) is 0 Å². The molecule has 0 fully saturated rings. The molecule has 19 heteroatoms. The SMILES string of the molecule is CCCCCC/C=C\C=C/CCCCCCCC(=O)O[C@H](COC(=O)CCCCCCCCCCCCCCCCC)COP(=O)(O)OC[C@@H](O)COP(=O)(O)OC[C@@H](COC(=O)CCCCCCCCC)OC(=O)CCCCCCCCC(C)C. The number of aliphatic hydroxyl groups excluding tert-OH is 1. The minimum Gasteiger partial charge on any atom is -0.462 e. The van der Waals surface area contributed by atoms with Crippen LogP contribution in [0.1, 0.15) is 317 Å². The van der Waals surface area contributed by atoms with Crippen molar-refractivity contribution >= 4 is 39.5 Å². The number of hydrogen-bond acceptors (Lipinski definition) is 15. The van der Waals surface area contributed by atoms with E-state index in [-0.39, 0.29) is 25.7 Å². The van der Waals surface area contributed by atoms with E-state index >= 15 is 0 Å². The third-order valence-corrected chi connectivity index (χ3v) is 16.8. The fourth-order valence-electron chi connectivity index (χ4n) is 9.57. The van der Waals surface area contributed by atoms with E-state index in [9.17, 15) is 43.2 Å². The molecular weight excluding hydrogens is 1140 g/mol. The Morgan fingerprint density at radius 2 is 0.628 bits per heavy atom. The molecule has 5 atom stereocenters. The van der Waals surface area contributed by atoms with Crippen molar-refractivity contribution in [3.05, 3.63) is 24.3 Å². The topological polar surface area (TPSA) is 237 Å². The number of phosphoric acid groups is 2. The molecule has 3 N–H and O–H groups in total.